The number of hydrogen-bond acceptors (Lipinski definition) is 4. The van der Waals surface area contributed by atoms with Crippen LogP contribution in [0.4, 0.5) is 0 Å². The highest BCUT2D eigenvalue weighted by Gasteiger charge is 2.13. The fourth-order valence-electron chi connectivity index (χ4n) is 2.24. The van der Waals surface area contributed by atoms with Crippen LogP contribution in [0, 0.1) is 0 Å². The van der Waals surface area contributed by atoms with Crippen molar-refractivity contribution in [2.24, 2.45) is 0 Å². The summed E-state index contributed by atoms with van der Waals surface area (Å²) in [6.45, 7) is 2.14. The summed E-state index contributed by atoms with van der Waals surface area (Å²) in [5, 5.41) is 5.45. The Morgan fingerprint density at radius 1 is 1.23 bits per heavy atom. The van der Waals surface area contributed by atoms with Crippen LogP contribution in [0.2, 0.25) is 0 Å². The van der Waals surface area contributed by atoms with Crippen LogP contribution in [0.5, 0.6) is 5.75 Å². The molecule has 0 aliphatic rings. The van der Waals surface area contributed by atoms with Crippen molar-refractivity contribution in [3.8, 4) is 5.75 Å². The van der Waals surface area contributed by atoms with Gasteiger partial charge >= 0.3 is 0 Å². The lowest BCUT2D eigenvalue weighted by Crippen LogP contribution is -2.44. The van der Waals surface area contributed by atoms with Gasteiger partial charge in [-0.3, -0.25) is 14.6 Å². The number of nitrogens with one attached hydrogen (secondary N) is 2. The maximum atomic E-state index is 12.0. The fraction of sp³-hybridized carbons (Fsp3) is 0.250. The molecule has 6 heteroatoms. The number of pyridine rings is 1. The zero-order chi connectivity index (χ0) is 18.8. The summed E-state index contributed by atoms with van der Waals surface area (Å²) >= 11 is 0. The number of ether oxygens (including phenoxy) is 1. The van der Waals surface area contributed by atoms with Crippen molar-refractivity contribution in [2.45, 2.75) is 19.4 Å². The molecule has 0 fully saturated rings. The van der Waals surface area contributed by atoms with E-state index >= 15 is 0 Å². The molecular formula is C20H23N3O3. The van der Waals surface area contributed by atoms with Crippen molar-refractivity contribution in [2.75, 3.05) is 13.7 Å². The first kappa shape index (κ1) is 19.2. The zero-order valence-electron chi connectivity index (χ0n) is 14.9. The first-order valence-electron chi connectivity index (χ1n) is 8.37. The number of hydrogen-bond donors (Lipinski definition) is 2. The summed E-state index contributed by atoms with van der Waals surface area (Å²) in [5.41, 5.74) is 1.92. The third kappa shape index (κ3) is 6.39. The van der Waals surface area contributed by atoms with Crippen LogP contribution >= 0.6 is 0 Å². The monoisotopic (exact) mass is 353 g/mol. The topological polar surface area (TPSA) is 80.3 Å². The summed E-state index contributed by atoms with van der Waals surface area (Å²) < 4.78 is 5.08. The van der Waals surface area contributed by atoms with Gasteiger partial charge in [-0.15, -0.1) is 0 Å². The summed E-state index contributed by atoms with van der Waals surface area (Å²) in [6, 6.07) is 10.5. The highest BCUT2D eigenvalue weighted by atomic mass is 16.5. The molecule has 0 saturated carbocycles. The zero-order valence-corrected chi connectivity index (χ0v) is 14.9. The Bertz CT molecular complexity index is 743. The molecule has 0 spiro atoms. The van der Waals surface area contributed by atoms with Gasteiger partial charge in [-0.1, -0.05) is 18.2 Å². The number of rotatable bonds is 8. The van der Waals surface area contributed by atoms with Gasteiger partial charge in [0.25, 0.3) is 0 Å². The molecular weight excluding hydrogens is 330 g/mol. The molecule has 0 saturated heterocycles. The molecule has 2 rings (SSSR count). The number of benzene rings is 1. The van der Waals surface area contributed by atoms with Crippen LogP contribution in [-0.4, -0.2) is 36.5 Å². The summed E-state index contributed by atoms with van der Waals surface area (Å²) in [5.74, 6) is 0.207. The van der Waals surface area contributed by atoms with E-state index in [1.54, 1.807) is 32.5 Å². The van der Waals surface area contributed by atoms with Crippen LogP contribution in [0.15, 0.2) is 54.9 Å². The molecule has 1 heterocycles. The fourth-order valence-corrected chi connectivity index (χ4v) is 2.24. The summed E-state index contributed by atoms with van der Waals surface area (Å²) in [4.78, 5) is 28.0. The molecule has 1 unspecified atom stereocenters. The van der Waals surface area contributed by atoms with Crippen LogP contribution in [0.25, 0.3) is 6.08 Å². The Labute approximate surface area is 153 Å². The standard InChI is InChI=1S/C20H23N3O3/c1-15(20(25)22-13-11-17-4-3-12-21-14-17)23-19(24)10-7-16-5-8-18(26-2)9-6-16/h3-10,12,14-15H,11,13H2,1-2H3,(H,22,25)(H,23,24)/b10-7+. The molecule has 1 atom stereocenters. The van der Waals surface area contributed by atoms with Crippen LogP contribution in [0.3, 0.4) is 0 Å². The van der Waals surface area contributed by atoms with Gasteiger partial charge in [-0.25, -0.2) is 0 Å². The summed E-state index contributed by atoms with van der Waals surface area (Å²) in [7, 11) is 1.60. The second-order valence-corrected chi connectivity index (χ2v) is 5.74. The number of carbonyl (C=O) groups excluding carboxylic acids is 2. The molecule has 0 aliphatic heterocycles. The molecule has 136 valence electrons. The largest absolute Gasteiger partial charge is 0.497 e. The molecule has 2 amide bonds. The molecule has 0 radical (unpaired) electrons. The quantitative estimate of drug-likeness (QED) is 0.711. The van der Waals surface area contributed by atoms with E-state index in [9.17, 15) is 9.59 Å². The van der Waals surface area contributed by atoms with Crippen molar-refractivity contribution >= 4 is 17.9 Å². The lowest BCUT2D eigenvalue weighted by atomic mass is 10.2. The number of amides is 2. The highest BCUT2D eigenvalue weighted by molar-refractivity contribution is 5.95. The van der Waals surface area contributed by atoms with Crippen molar-refractivity contribution < 1.29 is 14.3 Å². The molecule has 0 aliphatic carbocycles. The Balaban J connectivity index is 1.74. The molecule has 2 N–H and O–H groups in total. The average molecular weight is 353 g/mol. The predicted molar refractivity (Wildman–Crippen MR) is 101 cm³/mol. The predicted octanol–water partition coefficient (Wildman–Crippen LogP) is 1.97. The first-order valence-corrected chi connectivity index (χ1v) is 8.37. The van der Waals surface area contributed by atoms with Crippen LogP contribution in [-0.2, 0) is 16.0 Å². The SMILES string of the molecule is COc1ccc(/C=C/C(=O)NC(C)C(=O)NCCc2cccnc2)cc1. The van der Waals surface area contributed by atoms with Gasteiger partial charge in [0.05, 0.1) is 7.11 Å². The van der Waals surface area contributed by atoms with E-state index in [2.05, 4.69) is 15.6 Å². The number of carbonyl (C=O) groups is 2. The second kappa shape index (κ2) is 9.98. The number of methoxy groups -OCH3 is 1. The Morgan fingerprint density at radius 2 is 2.00 bits per heavy atom. The van der Waals surface area contributed by atoms with Gasteiger partial charge in [0, 0.05) is 25.0 Å². The van der Waals surface area contributed by atoms with E-state index < -0.39 is 6.04 Å². The van der Waals surface area contributed by atoms with E-state index in [1.807, 2.05) is 36.4 Å². The van der Waals surface area contributed by atoms with Gasteiger partial charge in [-0.2, -0.15) is 0 Å². The number of nitrogens with zero attached hydrogens (tertiary/aromatic N) is 1. The van der Waals surface area contributed by atoms with Gasteiger partial charge in [0.2, 0.25) is 11.8 Å². The third-order valence-electron chi connectivity index (χ3n) is 3.73. The average Bonchev–Trinajstić information content (AvgIpc) is 2.67. The minimum Gasteiger partial charge on any atom is -0.497 e. The van der Waals surface area contributed by atoms with Gasteiger partial charge in [0.1, 0.15) is 11.8 Å². The van der Waals surface area contributed by atoms with Crippen molar-refractivity contribution in [1.29, 1.82) is 0 Å². The minimum absolute atomic E-state index is 0.222. The number of aromatic nitrogens is 1. The van der Waals surface area contributed by atoms with Gasteiger partial charge in [-0.05, 0) is 48.7 Å². The van der Waals surface area contributed by atoms with Gasteiger partial charge in [0.15, 0.2) is 0 Å². The lowest BCUT2D eigenvalue weighted by Gasteiger charge is -2.13. The van der Waals surface area contributed by atoms with Gasteiger partial charge < -0.3 is 15.4 Å². The van der Waals surface area contributed by atoms with Crippen LogP contribution in [0.1, 0.15) is 18.1 Å². The van der Waals surface area contributed by atoms with Crippen molar-refractivity contribution in [1.82, 2.24) is 15.6 Å². The van der Waals surface area contributed by atoms with Crippen LogP contribution < -0.4 is 15.4 Å². The maximum absolute atomic E-state index is 12.0. The van der Waals surface area contributed by atoms with Crippen molar-refractivity contribution in [3.63, 3.8) is 0 Å². The Hall–Kier alpha value is -3.15. The molecule has 0 bridgehead atoms. The smallest absolute Gasteiger partial charge is 0.244 e. The Kier molecular flexibility index (Phi) is 7.36. The third-order valence-corrected chi connectivity index (χ3v) is 3.73. The van der Waals surface area contributed by atoms with E-state index in [0.717, 1.165) is 16.9 Å². The van der Waals surface area contributed by atoms with Crippen molar-refractivity contribution in [3.05, 3.63) is 66.0 Å². The second-order valence-electron chi connectivity index (χ2n) is 5.74. The van der Waals surface area contributed by atoms with E-state index in [-0.39, 0.29) is 11.8 Å². The lowest BCUT2D eigenvalue weighted by molar-refractivity contribution is -0.126. The normalized spacial score (nSPS) is 11.8. The molecule has 26 heavy (non-hydrogen) atoms. The molecule has 2 aromatic rings. The maximum Gasteiger partial charge on any atom is 0.244 e. The van der Waals surface area contributed by atoms with E-state index in [1.165, 1.54) is 6.08 Å². The highest BCUT2D eigenvalue weighted by Crippen LogP contribution is 2.12. The molecule has 1 aromatic carbocycles. The van der Waals surface area contributed by atoms with E-state index in [0.29, 0.717) is 13.0 Å². The molecule has 1 aromatic heterocycles. The Morgan fingerprint density at radius 3 is 2.65 bits per heavy atom. The minimum atomic E-state index is -0.614. The summed E-state index contributed by atoms with van der Waals surface area (Å²) in [6.07, 6.45) is 7.25. The first-order chi connectivity index (χ1) is 12.6. The van der Waals surface area contributed by atoms with E-state index in [4.69, 9.17) is 4.74 Å². The molecule has 6 nitrogen and oxygen atoms in total.